The third kappa shape index (κ3) is 2.96. The number of carboxylic acids is 1. The Bertz CT molecular complexity index is 633. The molecular weight excluding hydrogens is 258 g/mol. The number of aliphatic carboxylic acids is 1. The first-order valence-corrected chi connectivity index (χ1v) is 6.44. The summed E-state index contributed by atoms with van der Waals surface area (Å²) in [6, 6.07) is 4.31. The molecule has 1 heterocycles. The van der Waals surface area contributed by atoms with Crippen LogP contribution in [-0.4, -0.2) is 33.2 Å². The molecule has 0 aliphatic carbocycles. The first-order chi connectivity index (χ1) is 9.49. The number of rotatable bonds is 5. The molecule has 6 nitrogen and oxygen atoms in total. The molecule has 1 atom stereocenters. The monoisotopic (exact) mass is 275 g/mol. The van der Waals surface area contributed by atoms with Crippen molar-refractivity contribution in [3.63, 3.8) is 0 Å². The van der Waals surface area contributed by atoms with E-state index < -0.39 is 17.9 Å². The molecule has 2 rings (SSSR count). The predicted octanol–water partition coefficient (Wildman–Crippen LogP) is 1.79. The van der Waals surface area contributed by atoms with Gasteiger partial charge >= 0.3 is 5.97 Å². The number of carboxylic acid groups (broad SMARTS) is 1. The summed E-state index contributed by atoms with van der Waals surface area (Å²) in [7, 11) is 0. The minimum absolute atomic E-state index is 0.182. The van der Waals surface area contributed by atoms with E-state index in [0.717, 1.165) is 5.52 Å². The van der Waals surface area contributed by atoms with Gasteiger partial charge in [-0.3, -0.25) is 9.89 Å². The number of nitrogens with zero attached hydrogens (tertiary/aromatic N) is 1. The van der Waals surface area contributed by atoms with E-state index >= 15 is 0 Å². The van der Waals surface area contributed by atoms with E-state index in [2.05, 4.69) is 15.5 Å². The van der Waals surface area contributed by atoms with Crippen molar-refractivity contribution in [2.45, 2.75) is 26.3 Å². The smallest absolute Gasteiger partial charge is 0.326 e. The lowest BCUT2D eigenvalue weighted by molar-refractivity contribution is -0.139. The van der Waals surface area contributed by atoms with Gasteiger partial charge in [-0.25, -0.2) is 4.79 Å². The molecule has 0 saturated heterocycles. The average molecular weight is 275 g/mol. The number of aromatic nitrogens is 2. The molecule has 0 radical (unpaired) electrons. The van der Waals surface area contributed by atoms with Gasteiger partial charge in [0.25, 0.3) is 5.91 Å². The number of amides is 1. The molecule has 0 unspecified atom stereocenters. The minimum Gasteiger partial charge on any atom is -0.480 e. The SMILES string of the molecule is CC(C)C[C@@H](NC(=O)c1cccc2[nH]ncc12)C(=O)O. The van der Waals surface area contributed by atoms with Crippen LogP contribution in [0.5, 0.6) is 0 Å². The quantitative estimate of drug-likeness (QED) is 0.775. The number of aromatic amines is 1. The van der Waals surface area contributed by atoms with Gasteiger partial charge in [-0.2, -0.15) is 5.10 Å². The summed E-state index contributed by atoms with van der Waals surface area (Å²) in [5.74, 6) is -1.24. The van der Waals surface area contributed by atoms with Crippen LogP contribution in [0.3, 0.4) is 0 Å². The van der Waals surface area contributed by atoms with E-state index in [9.17, 15) is 9.59 Å². The Balaban J connectivity index is 2.22. The molecule has 0 bridgehead atoms. The lowest BCUT2D eigenvalue weighted by Crippen LogP contribution is -2.41. The van der Waals surface area contributed by atoms with Crippen molar-refractivity contribution in [2.75, 3.05) is 0 Å². The van der Waals surface area contributed by atoms with Gasteiger partial charge in [-0.05, 0) is 24.5 Å². The zero-order valence-electron chi connectivity index (χ0n) is 11.4. The zero-order chi connectivity index (χ0) is 14.7. The fourth-order valence-electron chi connectivity index (χ4n) is 2.10. The maximum absolute atomic E-state index is 12.2. The lowest BCUT2D eigenvalue weighted by atomic mass is 10.0. The summed E-state index contributed by atoms with van der Waals surface area (Å²) in [6.07, 6.45) is 1.95. The van der Waals surface area contributed by atoms with Crippen LogP contribution in [0.15, 0.2) is 24.4 Å². The highest BCUT2D eigenvalue weighted by molar-refractivity contribution is 6.07. The van der Waals surface area contributed by atoms with Crippen LogP contribution in [0.2, 0.25) is 0 Å². The van der Waals surface area contributed by atoms with E-state index in [4.69, 9.17) is 5.11 Å². The van der Waals surface area contributed by atoms with E-state index in [-0.39, 0.29) is 5.92 Å². The maximum atomic E-state index is 12.2. The molecule has 106 valence electrons. The van der Waals surface area contributed by atoms with Gasteiger partial charge in [0, 0.05) is 5.39 Å². The van der Waals surface area contributed by atoms with Crippen molar-refractivity contribution >= 4 is 22.8 Å². The number of benzene rings is 1. The number of carbonyl (C=O) groups excluding carboxylic acids is 1. The molecule has 1 aromatic heterocycles. The Morgan fingerprint density at radius 1 is 1.40 bits per heavy atom. The minimum atomic E-state index is -1.02. The van der Waals surface area contributed by atoms with Crippen LogP contribution in [0.1, 0.15) is 30.6 Å². The van der Waals surface area contributed by atoms with Crippen LogP contribution in [-0.2, 0) is 4.79 Å². The van der Waals surface area contributed by atoms with Crippen LogP contribution in [0.4, 0.5) is 0 Å². The van der Waals surface area contributed by atoms with Gasteiger partial charge in [0.05, 0.1) is 17.3 Å². The highest BCUT2D eigenvalue weighted by Crippen LogP contribution is 2.16. The van der Waals surface area contributed by atoms with Gasteiger partial charge < -0.3 is 10.4 Å². The van der Waals surface area contributed by atoms with Crippen molar-refractivity contribution in [2.24, 2.45) is 5.92 Å². The van der Waals surface area contributed by atoms with E-state index in [1.54, 1.807) is 18.3 Å². The maximum Gasteiger partial charge on any atom is 0.326 e. The highest BCUT2D eigenvalue weighted by Gasteiger charge is 2.22. The molecule has 1 amide bonds. The van der Waals surface area contributed by atoms with Gasteiger partial charge in [-0.15, -0.1) is 0 Å². The second kappa shape index (κ2) is 5.73. The van der Waals surface area contributed by atoms with Gasteiger partial charge in [0.2, 0.25) is 0 Å². The normalized spacial score (nSPS) is 12.6. The zero-order valence-corrected chi connectivity index (χ0v) is 11.4. The predicted molar refractivity (Wildman–Crippen MR) is 74.4 cm³/mol. The largest absolute Gasteiger partial charge is 0.480 e. The molecule has 0 fully saturated rings. The fraction of sp³-hybridized carbons (Fsp3) is 0.357. The molecule has 0 spiro atoms. The van der Waals surface area contributed by atoms with Crippen LogP contribution < -0.4 is 5.32 Å². The lowest BCUT2D eigenvalue weighted by Gasteiger charge is -2.16. The molecule has 0 aliphatic rings. The molecule has 20 heavy (non-hydrogen) atoms. The Kier molecular flexibility index (Phi) is 4.02. The number of carbonyl (C=O) groups is 2. The third-order valence-corrected chi connectivity index (χ3v) is 3.04. The van der Waals surface area contributed by atoms with Crippen LogP contribution in [0.25, 0.3) is 10.9 Å². The van der Waals surface area contributed by atoms with Crippen molar-refractivity contribution < 1.29 is 14.7 Å². The second-order valence-electron chi connectivity index (χ2n) is 5.13. The van der Waals surface area contributed by atoms with Crippen molar-refractivity contribution in [1.29, 1.82) is 0 Å². The Morgan fingerprint density at radius 2 is 2.15 bits per heavy atom. The van der Waals surface area contributed by atoms with Gasteiger partial charge in [-0.1, -0.05) is 19.9 Å². The molecule has 6 heteroatoms. The number of hydrogen-bond donors (Lipinski definition) is 3. The Hall–Kier alpha value is -2.37. The fourth-order valence-corrected chi connectivity index (χ4v) is 2.10. The topological polar surface area (TPSA) is 95.1 Å². The van der Waals surface area contributed by atoms with Crippen molar-refractivity contribution in [3.8, 4) is 0 Å². The van der Waals surface area contributed by atoms with E-state index in [1.165, 1.54) is 0 Å². The van der Waals surface area contributed by atoms with Gasteiger partial charge in [0.15, 0.2) is 0 Å². The average Bonchev–Trinajstić information content (AvgIpc) is 2.84. The standard InChI is InChI=1S/C14H17N3O3/c1-8(2)6-12(14(19)20)16-13(18)9-4-3-5-11-10(9)7-15-17-11/h3-5,7-8,12H,6H2,1-2H3,(H,15,17)(H,16,18)(H,19,20)/t12-/m1/s1. The van der Waals surface area contributed by atoms with E-state index in [1.807, 2.05) is 19.9 Å². The molecule has 1 aromatic carbocycles. The number of fused-ring (bicyclic) bond motifs is 1. The molecule has 3 N–H and O–H groups in total. The van der Waals surface area contributed by atoms with Crippen molar-refractivity contribution in [1.82, 2.24) is 15.5 Å². The van der Waals surface area contributed by atoms with Crippen molar-refractivity contribution in [3.05, 3.63) is 30.0 Å². The first-order valence-electron chi connectivity index (χ1n) is 6.44. The summed E-state index contributed by atoms with van der Waals surface area (Å²) in [5, 5.41) is 19.1. The summed E-state index contributed by atoms with van der Waals surface area (Å²) in [4.78, 5) is 23.4. The Morgan fingerprint density at radius 3 is 2.80 bits per heavy atom. The Labute approximate surface area is 116 Å². The first kappa shape index (κ1) is 14.0. The molecule has 0 aliphatic heterocycles. The molecule has 0 saturated carbocycles. The molecule has 2 aromatic rings. The summed E-state index contributed by atoms with van der Waals surface area (Å²) in [6.45, 7) is 3.83. The third-order valence-electron chi connectivity index (χ3n) is 3.04. The number of H-pyrrole nitrogens is 1. The summed E-state index contributed by atoms with van der Waals surface area (Å²) >= 11 is 0. The number of nitrogens with one attached hydrogen (secondary N) is 2. The summed E-state index contributed by atoms with van der Waals surface area (Å²) < 4.78 is 0. The van der Waals surface area contributed by atoms with Gasteiger partial charge in [0.1, 0.15) is 6.04 Å². The number of hydrogen-bond acceptors (Lipinski definition) is 3. The van der Waals surface area contributed by atoms with Crippen LogP contribution in [0, 0.1) is 5.92 Å². The van der Waals surface area contributed by atoms with E-state index in [0.29, 0.717) is 17.4 Å². The van der Waals surface area contributed by atoms with Crippen LogP contribution >= 0.6 is 0 Å². The highest BCUT2D eigenvalue weighted by atomic mass is 16.4. The second-order valence-corrected chi connectivity index (χ2v) is 5.13. The summed E-state index contributed by atoms with van der Waals surface area (Å²) in [5.41, 5.74) is 1.17. The molecular formula is C14H17N3O3.